The van der Waals surface area contributed by atoms with E-state index in [1.807, 2.05) is 30.3 Å². The van der Waals surface area contributed by atoms with Gasteiger partial charge in [-0.25, -0.2) is 9.78 Å². The summed E-state index contributed by atoms with van der Waals surface area (Å²) >= 11 is 0. The highest BCUT2D eigenvalue weighted by Crippen LogP contribution is 2.12. The SMILES string of the molecule is COC(=O)CCn1c(=O)c2c(ncn2Cc2ccco2)n(Cc2ccccc2)c1=O. The first-order chi connectivity index (χ1) is 14.6. The van der Waals surface area contributed by atoms with Crippen molar-refractivity contribution in [3.05, 3.63) is 87.2 Å². The van der Waals surface area contributed by atoms with Gasteiger partial charge in [-0.05, 0) is 17.7 Å². The summed E-state index contributed by atoms with van der Waals surface area (Å²) in [5.41, 5.74) is 0.414. The van der Waals surface area contributed by atoms with Crippen LogP contribution in [0.3, 0.4) is 0 Å². The normalized spacial score (nSPS) is 11.1. The molecule has 154 valence electrons. The molecule has 0 aliphatic heterocycles. The first-order valence-electron chi connectivity index (χ1n) is 9.40. The molecule has 0 spiro atoms. The van der Waals surface area contributed by atoms with E-state index >= 15 is 0 Å². The molecule has 1 aromatic carbocycles. The fraction of sp³-hybridized carbons (Fsp3) is 0.238. The molecular formula is C21H20N4O5. The Morgan fingerprint density at radius 3 is 2.57 bits per heavy atom. The highest BCUT2D eigenvalue weighted by molar-refractivity contribution is 5.71. The summed E-state index contributed by atoms with van der Waals surface area (Å²) in [4.78, 5) is 42.3. The van der Waals surface area contributed by atoms with Crippen LogP contribution in [0.4, 0.5) is 0 Å². The molecule has 3 heterocycles. The topological polar surface area (TPSA) is 101 Å². The van der Waals surface area contributed by atoms with Crippen LogP contribution in [0.25, 0.3) is 11.2 Å². The fourth-order valence-electron chi connectivity index (χ4n) is 3.34. The Hall–Kier alpha value is -3.88. The number of methoxy groups -OCH3 is 1. The van der Waals surface area contributed by atoms with Crippen LogP contribution in [0.15, 0.2) is 69.1 Å². The van der Waals surface area contributed by atoms with Crippen molar-refractivity contribution in [2.45, 2.75) is 26.1 Å². The van der Waals surface area contributed by atoms with Crippen LogP contribution in [-0.2, 0) is 29.2 Å². The molecule has 0 aliphatic rings. The van der Waals surface area contributed by atoms with E-state index in [1.54, 1.807) is 23.0 Å². The highest BCUT2D eigenvalue weighted by atomic mass is 16.5. The third-order valence-electron chi connectivity index (χ3n) is 4.84. The lowest BCUT2D eigenvalue weighted by Crippen LogP contribution is -2.41. The van der Waals surface area contributed by atoms with Gasteiger partial charge in [-0.3, -0.25) is 18.7 Å². The van der Waals surface area contributed by atoms with Crippen molar-refractivity contribution in [1.82, 2.24) is 18.7 Å². The van der Waals surface area contributed by atoms with Crippen LogP contribution in [-0.4, -0.2) is 31.8 Å². The number of carbonyl (C=O) groups is 1. The molecule has 9 nitrogen and oxygen atoms in total. The van der Waals surface area contributed by atoms with Gasteiger partial charge in [-0.1, -0.05) is 30.3 Å². The maximum Gasteiger partial charge on any atom is 0.333 e. The van der Waals surface area contributed by atoms with E-state index in [4.69, 9.17) is 4.42 Å². The molecule has 0 aliphatic carbocycles. The van der Waals surface area contributed by atoms with E-state index < -0.39 is 17.2 Å². The lowest BCUT2D eigenvalue weighted by atomic mass is 10.2. The van der Waals surface area contributed by atoms with E-state index in [0.29, 0.717) is 12.3 Å². The van der Waals surface area contributed by atoms with Gasteiger partial charge in [0.15, 0.2) is 11.2 Å². The molecule has 0 amide bonds. The fourth-order valence-corrected chi connectivity index (χ4v) is 3.34. The standard InChI is InChI=1S/C21H20N4O5/c1-29-17(26)9-10-24-20(27)18-19(22-14-23(18)13-16-8-5-11-30-16)25(21(24)28)12-15-6-3-2-4-7-15/h2-8,11,14H,9-10,12-13H2,1H3. The quantitative estimate of drug-likeness (QED) is 0.431. The Balaban J connectivity index is 1.87. The largest absolute Gasteiger partial charge is 0.469 e. The number of hydrogen-bond acceptors (Lipinski definition) is 6. The second kappa shape index (κ2) is 8.24. The average molecular weight is 408 g/mol. The minimum absolute atomic E-state index is 0.0823. The van der Waals surface area contributed by atoms with E-state index in [2.05, 4.69) is 9.72 Å². The van der Waals surface area contributed by atoms with Crippen LogP contribution in [0.1, 0.15) is 17.7 Å². The monoisotopic (exact) mass is 408 g/mol. The van der Waals surface area contributed by atoms with Gasteiger partial charge in [0.25, 0.3) is 5.56 Å². The Morgan fingerprint density at radius 1 is 1.07 bits per heavy atom. The number of imidazole rings is 1. The summed E-state index contributed by atoms with van der Waals surface area (Å²) in [5.74, 6) is 0.149. The molecule has 4 aromatic rings. The van der Waals surface area contributed by atoms with Crippen LogP contribution < -0.4 is 11.2 Å². The van der Waals surface area contributed by atoms with Crippen molar-refractivity contribution in [1.29, 1.82) is 0 Å². The number of benzene rings is 1. The van der Waals surface area contributed by atoms with Gasteiger partial charge in [0.2, 0.25) is 0 Å². The maximum atomic E-state index is 13.2. The third-order valence-corrected chi connectivity index (χ3v) is 4.84. The van der Waals surface area contributed by atoms with Gasteiger partial charge >= 0.3 is 11.7 Å². The van der Waals surface area contributed by atoms with Crippen molar-refractivity contribution in [2.24, 2.45) is 0 Å². The van der Waals surface area contributed by atoms with Crippen molar-refractivity contribution < 1.29 is 13.9 Å². The predicted octanol–water partition coefficient (Wildman–Crippen LogP) is 1.61. The molecule has 0 atom stereocenters. The Morgan fingerprint density at radius 2 is 1.87 bits per heavy atom. The summed E-state index contributed by atoms with van der Waals surface area (Å²) in [6.07, 6.45) is 2.98. The van der Waals surface area contributed by atoms with E-state index in [1.165, 1.54) is 18.0 Å². The van der Waals surface area contributed by atoms with Crippen molar-refractivity contribution in [3.63, 3.8) is 0 Å². The van der Waals surface area contributed by atoms with Crippen LogP contribution in [0.2, 0.25) is 0 Å². The van der Waals surface area contributed by atoms with Gasteiger partial charge in [0.1, 0.15) is 5.76 Å². The van der Waals surface area contributed by atoms with E-state index in [-0.39, 0.29) is 30.7 Å². The molecule has 0 saturated carbocycles. The Kier molecular flexibility index (Phi) is 5.34. The van der Waals surface area contributed by atoms with Crippen molar-refractivity contribution >= 4 is 17.1 Å². The van der Waals surface area contributed by atoms with Gasteiger partial charge in [0.05, 0.1) is 39.2 Å². The zero-order valence-electron chi connectivity index (χ0n) is 16.4. The maximum absolute atomic E-state index is 13.2. The summed E-state index contributed by atoms with van der Waals surface area (Å²) in [6.45, 7) is 0.451. The third kappa shape index (κ3) is 3.69. The lowest BCUT2D eigenvalue weighted by molar-refractivity contribution is -0.140. The number of nitrogens with zero attached hydrogens (tertiary/aromatic N) is 4. The number of carbonyl (C=O) groups excluding carboxylic acids is 1. The minimum Gasteiger partial charge on any atom is -0.469 e. The molecule has 0 bridgehead atoms. The summed E-state index contributed by atoms with van der Waals surface area (Å²) in [5, 5.41) is 0. The van der Waals surface area contributed by atoms with Crippen LogP contribution in [0, 0.1) is 0 Å². The number of fused-ring (bicyclic) bond motifs is 1. The molecular weight excluding hydrogens is 388 g/mol. The Bertz CT molecular complexity index is 1280. The van der Waals surface area contributed by atoms with E-state index in [9.17, 15) is 14.4 Å². The van der Waals surface area contributed by atoms with Gasteiger partial charge in [-0.15, -0.1) is 0 Å². The Labute approximate surface area is 170 Å². The van der Waals surface area contributed by atoms with E-state index in [0.717, 1.165) is 10.1 Å². The lowest BCUT2D eigenvalue weighted by Gasteiger charge is -2.12. The average Bonchev–Trinajstić information content (AvgIpc) is 3.42. The second-order valence-corrected chi connectivity index (χ2v) is 6.76. The smallest absolute Gasteiger partial charge is 0.333 e. The summed E-state index contributed by atoms with van der Waals surface area (Å²) in [7, 11) is 1.26. The van der Waals surface area contributed by atoms with Crippen molar-refractivity contribution in [2.75, 3.05) is 7.11 Å². The van der Waals surface area contributed by atoms with Gasteiger partial charge in [0, 0.05) is 6.54 Å². The zero-order chi connectivity index (χ0) is 21.1. The first kappa shape index (κ1) is 19.4. The molecule has 4 rings (SSSR count). The zero-order valence-corrected chi connectivity index (χ0v) is 16.4. The molecule has 30 heavy (non-hydrogen) atoms. The molecule has 0 N–H and O–H groups in total. The van der Waals surface area contributed by atoms with Gasteiger partial charge in [-0.2, -0.15) is 0 Å². The number of hydrogen-bond donors (Lipinski definition) is 0. The highest BCUT2D eigenvalue weighted by Gasteiger charge is 2.19. The molecule has 9 heteroatoms. The number of furan rings is 1. The molecule has 0 radical (unpaired) electrons. The summed E-state index contributed by atoms with van der Waals surface area (Å²) < 4.78 is 14.2. The number of ether oxygens (including phenoxy) is 1. The molecule has 0 unspecified atom stereocenters. The van der Waals surface area contributed by atoms with Crippen molar-refractivity contribution in [3.8, 4) is 0 Å². The molecule has 3 aromatic heterocycles. The first-order valence-corrected chi connectivity index (χ1v) is 9.40. The van der Waals surface area contributed by atoms with Crippen LogP contribution in [0.5, 0.6) is 0 Å². The van der Waals surface area contributed by atoms with Crippen LogP contribution >= 0.6 is 0 Å². The molecule has 0 fully saturated rings. The van der Waals surface area contributed by atoms with Gasteiger partial charge < -0.3 is 13.7 Å². The number of rotatable bonds is 7. The number of aromatic nitrogens is 4. The molecule has 0 saturated heterocycles. The second-order valence-electron chi connectivity index (χ2n) is 6.76. The minimum atomic E-state index is -0.525. The summed E-state index contributed by atoms with van der Waals surface area (Å²) in [6, 6.07) is 13.0. The number of esters is 1. The predicted molar refractivity (Wildman–Crippen MR) is 108 cm³/mol.